The van der Waals surface area contributed by atoms with Gasteiger partial charge < -0.3 is 0 Å². The lowest BCUT2D eigenvalue weighted by Gasteiger charge is -2.32. The molecule has 8 heteroatoms. The minimum Gasteiger partial charge on any atom is -0.272 e. The zero-order valence-corrected chi connectivity index (χ0v) is 15.8. The summed E-state index contributed by atoms with van der Waals surface area (Å²) in [6, 6.07) is 13.6. The number of alkyl halides is 3. The first-order valence-electron chi connectivity index (χ1n) is 9.10. The summed E-state index contributed by atoms with van der Waals surface area (Å²) in [6.45, 7) is 1.70. The Morgan fingerprint density at radius 2 is 1.70 bits per heavy atom. The van der Waals surface area contributed by atoms with E-state index in [0.717, 1.165) is 17.7 Å². The van der Waals surface area contributed by atoms with Crippen molar-refractivity contribution >= 4 is 22.9 Å². The van der Waals surface area contributed by atoms with Crippen molar-refractivity contribution in [3.63, 3.8) is 0 Å². The number of carbonyl (C=O) groups is 1. The zero-order valence-electron chi connectivity index (χ0n) is 15.8. The molecule has 1 atom stereocenters. The van der Waals surface area contributed by atoms with Gasteiger partial charge in [0.1, 0.15) is 0 Å². The summed E-state index contributed by atoms with van der Waals surface area (Å²) < 4.78 is 38.5. The lowest BCUT2D eigenvalue weighted by molar-refractivity contribution is -0.137. The molecule has 0 aliphatic carbocycles. The van der Waals surface area contributed by atoms with Crippen molar-refractivity contribution in [2.45, 2.75) is 25.7 Å². The average Bonchev–Trinajstić information content (AvgIpc) is 2.73. The molecule has 2 heterocycles. The second kappa shape index (κ2) is 7.26. The third-order valence-corrected chi connectivity index (χ3v) is 4.95. The van der Waals surface area contributed by atoms with Crippen LogP contribution in [0.2, 0.25) is 0 Å². The smallest absolute Gasteiger partial charge is 0.272 e. The number of hydrogen-bond donors (Lipinski definition) is 0. The lowest BCUT2D eigenvalue weighted by Crippen LogP contribution is -2.42. The molecule has 1 unspecified atom stereocenters. The molecule has 150 valence electrons. The summed E-state index contributed by atoms with van der Waals surface area (Å²) in [6.07, 6.45) is -3.29. The summed E-state index contributed by atoms with van der Waals surface area (Å²) >= 11 is 0. The first-order chi connectivity index (χ1) is 14.3. The van der Waals surface area contributed by atoms with Gasteiger partial charge in [0.2, 0.25) is 0 Å². The van der Waals surface area contributed by atoms with Gasteiger partial charge in [0.15, 0.2) is 6.17 Å². The van der Waals surface area contributed by atoms with E-state index in [9.17, 15) is 18.0 Å². The Labute approximate surface area is 170 Å². The molecule has 0 saturated heterocycles. The van der Waals surface area contributed by atoms with Crippen molar-refractivity contribution in [2.75, 3.05) is 0 Å². The van der Waals surface area contributed by atoms with Gasteiger partial charge >= 0.3 is 6.18 Å². The van der Waals surface area contributed by atoms with Crippen LogP contribution in [0.3, 0.4) is 0 Å². The zero-order chi connectivity index (χ0) is 21.5. The van der Waals surface area contributed by atoms with Gasteiger partial charge in [-0.3, -0.25) is 9.79 Å². The van der Waals surface area contributed by atoms with E-state index in [1.54, 1.807) is 37.3 Å². The SMILES string of the molecule is CC1=NN2C(=O)CC(c3ccc(C#N)cc3)=NC2C=C1c1ccc(C(F)(F)F)cc1. The van der Waals surface area contributed by atoms with Gasteiger partial charge in [-0.15, -0.1) is 0 Å². The normalized spacial score (nSPS) is 18.8. The molecule has 30 heavy (non-hydrogen) atoms. The van der Waals surface area contributed by atoms with E-state index in [0.29, 0.717) is 28.1 Å². The van der Waals surface area contributed by atoms with Crippen LogP contribution in [0.25, 0.3) is 5.57 Å². The molecular weight excluding hydrogens is 393 g/mol. The van der Waals surface area contributed by atoms with Crippen molar-refractivity contribution in [3.8, 4) is 6.07 Å². The van der Waals surface area contributed by atoms with E-state index >= 15 is 0 Å². The van der Waals surface area contributed by atoms with Gasteiger partial charge in [-0.05, 0) is 48.4 Å². The highest BCUT2D eigenvalue weighted by Crippen LogP contribution is 2.32. The number of amides is 1. The molecule has 0 radical (unpaired) electrons. The van der Waals surface area contributed by atoms with Crippen molar-refractivity contribution in [2.24, 2.45) is 10.1 Å². The van der Waals surface area contributed by atoms with Crippen LogP contribution < -0.4 is 0 Å². The number of rotatable bonds is 2. The number of nitrogens with zero attached hydrogens (tertiary/aromatic N) is 4. The molecule has 4 rings (SSSR count). The first kappa shape index (κ1) is 19.6. The second-order valence-electron chi connectivity index (χ2n) is 6.93. The number of hydrazone groups is 1. The standard InChI is InChI=1S/C22H15F3N4O/c1-13-18(15-6-8-17(9-7-15)22(23,24)25)10-20-27-19(11-21(30)29(20)28-13)16-4-2-14(12-26)3-5-16/h2-10,20H,11H2,1H3. The largest absolute Gasteiger partial charge is 0.416 e. The maximum atomic E-state index is 12.8. The summed E-state index contributed by atoms with van der Waals surface area (Å²) in [5.74, 6) is -0.226. The molecular formula is C22H15F3N4O. The maximum Gasteiger partial charge on any atom is 0.416 e. The number of aliphatic imine (C=N–C) groups is 1. The van der Waals surface area contributed by atoms with E-state index < -0.39 is 17.9 Å². The fraction of sp³-hybridized carbons (Fsp3) is 0.182. The molecule has 0 bridgehead atoms. The third-order valence-electron chi connectivity index (χ3n) is 4.95. The summed E-state index contributed by atoms with van der Waals surface area (Å²) in [5, 5.41) is 14.6. The van der Waals surface area contributed by atoms with Crippen molar-refractivity contribution in [3.05, 3.63) is 76.9 Å². The molecule has 0 N–H and O–H groups in total. The summed E-state index contributed by atoms with van der Waals surface area (Å²) in [7, 11) is 0. The number of fused-ring (bicyclic) bond motifs is 1. The Bertz CT molecular complexity index is 1140. The first-order valence-corrected chi connectivity index (χ1v) is 9.10. The monoisotopic (exact) mass is 408 g/mol. The highest BCUT2D eigenvalue weighted by molar-refractivity contribution is 6.24. The number of allylic oxidation sites excluding steroid dienone is 1. The molecule has 5 nitrogen and oxygen atoms in total. The molecule has 2 aliphatic rings. The van der Waals surface area contributed by atoms with E-state index in [1.807, 2.05) is 6.07 Å². The fourth-order valence-corrected chi connectivity index (χ4v) is 3.40. The number of carbonyl (C=O) groups excluding carboxylic acids is 1. The van der Waals surface area contributed by atoms with Gasteiger partial charge in [-0.25, -0.2) is 5.01 Å². The maximum absolute atomic E-state index is 12.8. The molecule has 0 fully saturated rings. The highest BCUT2D eigenvalue weighted by Gasteiger charge is 2.33. The average molecular weight is 408 g/mol. The van der Waals surface area contributed by atoms with Gasteiger partial charge in [-0.2, -0.15) is 23.5 Å². The van der Waals surface area contributed by atoms with E-state index in [-0.39, 0.29) is 12.3 Å². The Hall–Kier alpha value is -3.73. The number of benzene rings is 2. The molecule has 0 aromatic heterocycles. The van der Waals surface area contributed by atoms with E-state index in [4.69, 9.17) is 5.26 Å². The fourth-order valence-electron chi connectivity index (χ4n) is 3.40. The number of halogens is 3. The lowest BCUT2D eigenvalue weighted by atomic mass is 9.97. The van der Waals surface area contributed by atoms with Crippen LogP contribution in [-0.2, 0) is 11.0 Å². The molecule has 2 aliphatic heterocycles. The van der Waals surface area contributed by atoms with Gasteiger partial charge in [0.25, 0.3) is 5.91 Å². The highest BCUT2D eigenvalue weighted by atomic mass is 19.4. The third kappa shape index (κ3) is 3.62. The Morgan fingerprint density at radius 3 is 2.30 bits per heavy atom. The minimum atomic E-state index is -4.41. The van der Waals surface area contributed by atoms with Gasteiger partial charge in [0, 0.05) is 5.57 Å². The van der Waals surface area contributed by atoms with Crippen molar-refractivity contribution in [1.82, 2.24) is 5.01 Å². The number of hydrogen-bond acceptors (Lipinski definition) is 4. The Morgan fingerprint density at radius 1 is 1.07 bits per heavy atom. The van der Waals surface area contributed by atoms with Crippen LogP contribution in [0.15, 0.2) is 64.7 Å². The predicted octanol–water partition coefficient (Wildman–Crippen LogP) is 4.40. The van der Waals surface area contributed by atoms with Crippen LogP contribution in [0.1, 0.15) is 35.6 Å². The van der Waals surface area contributed by atoms with E-state index in [2.05, 4.69) is 10.1 Å². The van der Waals surface area contributed by atoms with Crippen LogP contribution in [0.5, 0.6) is 0 Å². The molecule has 1 amide bonds. The van der Waals surface area contributed by atoms with Gasteiger partial charge in [-0.1, -0.05) is 24.3 Å². The molecule has 2 aromatic carbocycles. The van der Waals surface area contributed by atoms with Crippen LogP contribution in [0, 0.1) is 11.3 Å². The van der Waals surface area contributed by atoms with Crippen LogP contribution >= 0.6 is 0 Å². The predicted molar refractivity (Wildman–Crippen MR) is 105 cm³/mol. The molecule has 0 saturated carbocycles. The summed E-state index contributed by atoms with van der Waals surface area (Å²) in [4.78, 5) is 17.2. The Balaban J connectivity index is 1.69. The second-order valence-corrected chi connectivity index (χ2v) is 6.93. The van der Waals surface area contributed by atoms with Gasteiger partial charge in [0.05, 0.1) is 35.0 Å². The quantitative estimate of drug-likeness (QED) is 0.739. The summed E-state index contributed by atoms with van der Waals surface area (Å²) in [5.41, 5.74) is 2.80. The van der Waals surface area contributed by atoms with E-state index in [1.165, 1.54) is 17.1 Å². The topological polar surface area (TPSA) is 68.8 Å². The van der Waals surface area contributed by atoms with Crippen LogP contribution in [0.4, 0.5) is 13.2 Å². The molecule has 2 aromatic rings. The van der Waals surface area contributed by atoms with Crippen molar-refractivity contribution in [1.29, 1.82) is 5.26 Å². The van der Waals surface area contributed by atoms with Crippen molar-refractivity contribution < 1.29 is 18.0 Å². The Kier molecular flexibility index (Phi) is 4.74. The number of nitriles is 1. The molecule has 0 spiro atoms. The minimum absolute atomic E-state index is 0.0721. The van der Waals surface area contributed by atoms with Crippen LogP contribution in [-0.4, -0.2) is 28.5 Å².